The Bertz CT molecular complexity index is 446. The summed E-state index contributed by atoms with van der Waals surface area (Å²) in [5, 5.41) is 14.6. The third kappa shape index (κ3) is 6.32. The van der Waals surface area contributed by atoms with E-state index in [1.54, 1.807) is 20.8 Å². The number of ether oxygens (including phenoxy) is 1. The SMILES string of the molecule is CC(C)(C)OC(=O)NCC(C#N)Nc1ccccc1. The molecule has 0 aliphatic heterocycles. The van der Waals surface area contributed by atoms with Gasteiger partial charge in [0.1, 0.15) is 11.6 Å². The van der Waals surface area contributed by atoms with Gasteiger partial charge in [0.15, 0.2) is 0 Å². The summed E-state index contributed by atoms with van der Waals surface area (Å²) < 4.78 is 5.10. The van der Waals surface area contributed by atoms with Crippen LogP contribution in [0.25, 0.3) is 0 Å². The van der Waals surface area contributed by atoms with E-state index in [1.807, 2.05) is 30.3 Å². The molecule has 19 heavy (non-hydrogen) atoms. The van der Waals surface area contributed by atoms with E-state index in [2.05, 4.69) is 16.7 Å². The van der Waals surface area contributed by atoms with Crippen molar-refractivity contribution < 1.29 is 9.53 Å². The predicted molar refractivity (Wildman–Crippen MR) is 73.7 cm³/mol. The van der Waals surface area contributed by atoms with Gasteiger partial charge in [-0.1, -0.05) is 18.2 Å². The van der Waals surface area contributed by atoms with Gasteiger partial charge in [0.05, 0.1) is 12.6 Å². The van der Waals surface area contributed by atoms with Crippen LogP contribution >= 0.6 is 0 Å². The molecule has 1 unspecified atom stereocenters. The van der Waals surface area contributed by atoms with Crippen LogP contribution in [-0.2, 0) is 4.74 Å². The van der Waals surface area contributed by atoms with Gasteiger partial charge < -0.3 is 15.4 Å². The molecule has 0 saturated carbocycles. The van der Waals surface area contributed by atoms with Gasteiger partial charge in [0.2, 0.25) is 0 Å². The van der Waals surface area contributed by atoms with Crippen LogP contribution in [-0.4, -0.2) is 24.3 Å². The molecule has 0 saturated heterocycles. The Kier molecular flexibility index (Phi) is 5.19. The summed E-state index contributed by atoms with van der Waals surface area (Å²) in [6.45, 7) is 5.55. The Labute approximate surface area is 113 Å². The number of para-hydroxylation sites is 1. The van der Waals surface area contributed by atoms with Crippen molar-refractivity contribution in [1.82, 2.24) is 5.32 Å². The third-order valence-electron chi connectivity index (χ3n) is 2.12. The van der Waals surface area contributed by atoms with Gasteiger partial charge in [-0.25, -0.2) is 4.79 Å². The van der Waals surface area contributed by atoms with E-state index in [1.165, 1.54) is 0 Å². The second-order valence-electron chi connectivity index (χ2n) is 5.07. The zero-order valence-corrected chi connectivity index (χ0v) is 11.4. The van der Waals surface area contributed by atoms with E-state index in [0.29, 0.717) is 0 Å². The fourth-order valence-electron chi connectivity index (χ4n) is 1.36. The highest BCUT2D eigenvalue weighted by Gasteiger charge is 2.17. The van der Waals surface area contributed by atoms with Crippen LogP contribution < -0.4 is 10.6 Å². The number of nitrogens with one attached hydrogen (secondary N) is 2. The summed E-state index contributed by atoms with van der Waals surface area (Å²) in [5.41, 5.74) is 0.291. The number of alkyl carbamates (subject to hydrolysis) is 1. The number of hydrogen-bond acceptors (Lipinski definition) is 4. The number of rotatable bonds is 4. The maximum absolute atomic E-state index is 11.5. The first kappa shape index (κ1) is 14.8. The molecule has 0 fully saturated rings. The van der Waals surface area contributed by atoms with Crippen LogP contribution in [0.1, 0.15) is 20.8 Å². The number of carbonyl (C=O) groups excluding carboxylic acids is 1. The molecule has 5 nitrogen and oxygen atoms in total. The molecule has 2 N–H and O–H groups in total. The molecule has 0 radical (unpaired) electrons. The molecule has 0 aliphatic rings. The van der Waals surface area contributed by atoms with Crippen LogP contribution in [0.15, 0.2) is 30.3 Å². The first-order valence-corrected chi connectivity index (χ1v) is 6.09. The molecule has 1 atom stereocenters. The Morgan fingerprint density at radius 3 is 2.53 bits per heavy atom. The predicted octanol–water partition coefficient (Wildman–Crippen LogP) is 2.52. The summed E-state index contributed by atoms with van der Waals surface area (Å²) in [6, 6.07) is 10.9. The molecule has 0 spiro atoms. The number of anilines is 1. The van der Waals surface area contributed by atoms with Crippen molar-refractivity contribution in [2.45, 2.75) is 32.4 Å². The second-order valence-corrected chi connectivity index (χ2v) is 5.07. The molecule has 1 rings (SSSR count). The van der Waals surface area contributed by atoms with Crippen LogP contribution in [0.5, 0.6) is 0 Å². The van der Waals surface area contributed by atoms with Crippen molar-refractivity contribution in [3.8, 4) is 6.07 Å². The molecular formula is C14H19N3O2. The van der Waals surface area contributed by atoms with Crippen molar-refractivity contribution >= 4 is 11.8 Å². The molecule has 102 valence electrons. The van der Waals surface area contributed by atoms with Crippen molar-refractivity contribution in [2.24, 2.45) is 0 Å². The van der Waals surface area contributed by atoms with E-state index >= 15 is 0 Å². The topological polar surface area (TPSA) is 74.1 Å². The Balaban J connectivity index is 2.42. The smallest absolute Gasteiger partial charge is 0.407 e. The van der Waals surface area contributed by atoms with Gasteiger partial charge in [-0.15, -0.1) is 0 Å². The van der Waals surface area contributed by atoms with Gasteiger partial charge >= 0.3 is 6.09 Å². The third-order valence-corrected chi connectivity index (χ3v) is 2.12. The van der Waals surface area contributed by atoms with E-state index in [4.69, 9.17) is 10.00 Å². The van der Waals surface area contributed by atoms with E-state index in [0.717, 1.165) is 5.69 Å². The first-order chi connectivity index (χ1) is 8.90. The van der Waals surface area contributed by atoms with E-state index in [9.17, 15) is 4.79 Å². The zero-order valence-electron chi connectivity index (χ0n) is 11.4. The monoisotopic (exact) mass is 261 g/mol. The fourth-order valence-corrected chi connectivity index (χ4v) is 1.36. The number of hydrogen-bond donors (Lipinski definition) is 2. The van der Waals surface area contributed by atoms with Gasteiger partial charge in [-0.3, -0.25) is 0 Å². The standard InChI is InChI=1S/C14H19N3O2/c1-14(2,3)19-13(18)16-10-12(9-15)17-11-7-5-4-6-8-11/h4-8,12,17H,10H2,1-3H3,(H,16,18). The fraction of sp³-hybridized carbons (Fsp3) is 0.429. The van der Waals surface area contributed by atoms with E-state index < -0.39 is 17.7 Å². The normalized spacial score (nSPS) is 12.1. The highest BCUT2D eigenvalue weighted by molar-refractivity contribution is 5.67. The number of amides is 1. The van der Waals surface area contributed by atoms with Gasteiger partial charge in [-0.05, 0) is 32.9 Å². The molecule has 0 aromatic heterocycles. The summed E-state index contributed by atoms with van der Waals surface area (Å²) in [5.74, 6) is 0. The molecule has 1 amide bonds. The zero-order chi connectivity index (χ0) is 14.3. The average Bonchev–Trinajstić information content (AvgIpc) is 2.33. The maximum atomic E-state index is 11.5. The Hall–Kier alpha value is -2.22. The van der Waals surface area contributed by atoms with Crippen molar-refractivity contribution in [1.29, 1.82) is 5.26 Å². The molecule has 1 aromatic rings. The lowest BCUT2D eigenvalue weighted by molar-refractivity contribution is 0.0527. The lowest BCUT2D eigenvalue weighted by Crippen LogP contribution is -2.38. The maximum Gasteiger partial charge on any atom is 0.407 e. The Morgan fingerprint density at radius 2 is 2.00 bits per heavy atom. The molecule has 1 aromatic carbocycles. The second kappa shape index (κ2) is 6.64. The molecule has 5 heteroatoms. The molecule has 0 aliphatic carbocycles. The summed E-state index contributed by atoms with van der Waals surface area (Å²) >= 11 is 0. The molecular weight excluding hydrogens is 242 g/mol. The highest BCUT2D eigenvalue weighted by Crippen LogP contribution is 2.08. The van der Waals surface area contributed by atoms with Crippen molar-refractivity contribution in [3.63, 3.8) is 0 Å². The first-order valence-electron chi connectivity index (χ1n) is 6.09. The van der Waals surface area contributed by atoms with Crippen molar-refractivity contribution in [3.05, 3.63) is 30.3 Å². The minimum absolute atomic E-state index is 0.181. The summed E-state index contributed by atoms with van der Waals surface area (Å²) in [6.07, 6.45) is -0.525. The van der Waals surface area contributed by atoms with Crippen LogP contribution in [0.2, 0.25) is 0 Å². The largest absolute Gasteiger partial charge is 0.444 e. The molecule has 0 bridgehead atoms. The van der Waals surface area contributed by atoms with Crippen LogP contribution in [0, 0.1) is 11.3 Å². The van der Waals surface area contributed by atoms with Gasteiger partial charge in [-0.2, -0.15) is 5.26 Å². The number of carbonyl (C=O) groups is 1. The minimum Gasteiger partial charge on any atom is -0.444 e. The lowest BCUT2D eigenvalue weighted by atomic mass is 10.2. The van der Waals surface area contributed by atoms with E-state index in [-0.39, 0.29) is 6.54 Å². The lowest BCUT2D eigenvalue weighted by Gasteiger charge is -2.20. The summed E-state index contributed by atoms with van der Waals surface area (Å²) in [7, 11) is 0. The van der Waals surface area contributed by atoms with Gasteiger partial charge in [0, 0.05) is 5.69 Å². The average molecular weight is 261 g/mol. The number of benzene rings is 1. The minimum atomic E-state index is -0.543. The number of nitrogens with zero attached hydrogens (tertiary/aromatic N) is 1. The highest BCUT2D eigenvalue weighted by atomic mass is 16.6. The number of nitriles is 1. The van der Waals surface area contributed by atoms with Crippen molar-refractivity contribution in [2.75, 3.05) is 11.9 Å². The molecule has 0 heterocycles. The van der Waals surface area contributed by atoms with Crippen LogP contribution in [0.4, 0.5) is 10.5 Å². The summed E-state index contributed by atoms with van der Waals surface area (Å²) in [4.78, 5) is 11.5. The van der Waals surface area contributed by atoms with Gasteiger partial charge in [0.25, 0.3) is 0 Å². The Morgan fingerprint density at radius 1 is 1.37 bits per heavy atom. The van der Waals surface area contributed by atoms with Crippen LogP contribution in [0.3, 0.4) is 0 Å². The quantitative estimate of drug-likeness (QED) is 0.873.